The first kappa shape index (κ1) is 31.2. The number of hydrogen-bond acceptors (Lipinski definition) is 5. The van der Waals surface area contributed by atoms with Crippen LogP contribution in [0.1, 0.15) is 54.6 Å². The average Bonchev–Trinajstić information content (AvgIpc) is 3.23. The molecule has 42 heavy (non-hydrogen) atoms. The van der Waals surface area contributed by atoms with Crippen molar-refractivity contribution in [3.63, 3.8) is 0 Å². The van der Waals surface area contributed by atoms with Crippen LogP contribution in [0.4, 0.5) is 14.5 Å². The van der Waals surface area contributed by atoms with Gasteiger partial charge in [0.1, 0.15) is 22.8 Å². The number of ether oxygens (including phenoxy) is 1. The van der Waals surface area contributed by atoms with Crippen molar-refractivity contribution in [2.24, 2.45) is 5.41 Å². The van der Waals surface area contributed by atoms with Crippen LogP contribution in [0, 0.1) is 28.4 Å². The van der Waals surface area contributed by atoms with E-state index >= 15 is 8.78 Å². The summed E-state index contributed by atoms with van der Waals surface area (Å²) in [5, 5.41) is 26.1. The molecule has 0 radical (unpaired) electrons. The van der Waals surface area contributed by atoms with Gasteiger partial charge in [-0.25, -0.2) is 13.6 Å². The van der Waals surface area contributed by atoms with E-state index in [9.17, 15) is 20.0 Å². The van der Waals surface area contributed by atoms with Crippen molar-refractivity contribution in [3.8, 4) is 11.8 Å². The van der Waals surface area contributed by atoms with Gasteiger partial charge in [0.25, 0.3) is 0 Å². The second-order valence-electron chi connectivity index (χ2n) is 11.4. The molecule has 0 bridgehead atoms. The standard InChI is InChI=1S/C31H29Cl2F2N3O4/c1-30(2,3)14-24-31(15-36,19-10-9-17(32)13-21(19)34)25(18-6-5-7-20(33)26(18)35)27(38-24)28(39)37-22-11-8-16(29(40)41)12-23(22)42-4/h5-13,24-25,27,38H,14H2,1-4H3,(H,37,39)(H,40,41)/t24-,25-,27?,31-/m0/s1. The van der Waals surface area contributed by atoms with Crippen molar-refractivity contribution in [2.75, 3.05) is 12.4 Å². The first-order chi connectivity index (χ1) is 19.7. The lowest BCUT2D eigenvalue weighted by molar-refractivity contribution is -0.118. The Balaban J connectivity index is 1.95. The van der Waals surface area contributed by atoms with Gasteiger partial charge in [0.05, 0.1) is 35.5 Å². The van der Waals surface area contributed by atoms with Gasteiger partial charge >= 0.3 is 5.97 Å². The van der Waals surface area contributed by atoms with E-state index in [1.165, 1.54) is 55.6 Å². The molecule has 1 aliphatic heterocycles. The third kappa shape index (κ3) is 5.80. The van der Waals surface area contributed by atoms with Gasteiger partial charge in [-0.05, 0) is 53.8 Å². The van der Waals surface area contributed by atoms with Gasteiger partial charge in [-0.3, -0.25) is 4.79 Å². The third-order valence-electron chi connectivity index (χ3n) is 7.44. The summed E-state index contributed by atoms with van der Waals surface area (Å²) in [5.41, 5.74) is -2.18. The van der Waals surface area contributed by atoms with Crippen LogP contribution in [-0.4, -0.2) is 36.2 Å². The fourth-order valence-corrected chi connectivity index (χ4v) is 6.04. The van der Waals surface area contributed by atoms with E-state index in [1.54, 1.807) is 0 Å². The molecule has 7 nitrogen and oxygen atoms in total. The minimum atomic E-state index is -1.78. The Morgan fingerprint density at radius 2 is 1.86 bits per heavy atom. The molecular weight excluding hydrogens is 587 g/mol. The number of carbonyl (C=O) groups excluding carboxylic acids is 1. The number of carboxylic acids is 1. The lowest BCUT2D eigenvalue weighted by atomic mass is 9.62. The number of benzene rings is 3. The Bertz CT molecular complexity index is 1590. The van der Waals surface area contributed by atoms with Crippen molar-refractivity contribution >= 4 is 40.8 Å². The number of methoxy groups -OCH3 is 1. The van der Waals surface area contributed by atoms with E-state index < -0.39 is 52.3 Å². The summed E-state index contributed by atoms with van der Waals surface area (Å²) in [6.07, 6.45) is 0.307. The summed E-state index contributed by atoms with van der Waals surface area (Å²) in [5.74, 6) is -4.65. The monoisotopic (exact) mass is 615 g/mol. The SMILES string of the molecule is COc1cc(C(=O)O)ccc1NC(=O)C1N[C@@H](CC(C)(C)C)[C@](C#N)(c2ccc(Cl)cc2F)[C@H]1c1cccc(Cl)c1F. The van der Waals surface area contributed by atoms with E-state index in [2.05, 4.69) is 16.7 Å². The highest BCUT2D eigenvalue weighted by Gasteiger charge is 2.61. The van der Waals surface area contributed by atoms with E-state index in [4.69, 9.17) is 27.9 Å². The summed E-state index contributed by atoms with van der Waals surface area (Å²) in [7, 11) is 1.32. The van der Waals surface area contributed by atoms with Crippen LogP contribution in [0.3, 0.4) is 0 Å². The van der Waals surface area contributed by atoms with Crippen molar-refractivity contribution in [3.05, 3.63) is 93.0 Å². The molecule has 0 aromatic heterocycles. The summed E-state index contributed by atoms with van der Waals surface area (Å²) < 4.78 is 36.8. The van der Waals surface area contributed by atoms with Crippen molar-refractivity contribution < 1.29 is 28.2 Å². The van der Waals surface area contributed by atoms with E-state index in [1.807, 2.05) is 20.8 Å². The molecule has 1 fully saturated rings. The van der Waals surface area contributed by atoms with Crippen molar-refractivity contribution in [1.82, 2.24) is 5.32 Å². The topological polar surface area (TPSA) is 111 Å². The summed E-state index contributed by atoms with van der Waals surface area (Å²) in [4.78, 5) is 25.5. The molecule has 3 aromatic carbocycles. The Hall–Kier alpha value is -3.71. The van der Waals surface area contributed by atoms with E-state index in [-0.39, 0.29) is 38.2 Å². The molecule has 1 heterocycles. The van der Waals surface area contributed by atoms with Crippen LogP contribution < -0.4 is 15.4 Å². The highest BCUT2D eigenvalue weighted by Crippen LogP contribution is 2.53. The second-order valence-corrected chi connectivity index (χ2v) is 12.2. The number of carboxylic acid groups (broad SMARTS) is 1. The van der Waals surface area contributed by atoms with Crippen molar-refractivity contribution in [1.29, 1.82) is 5.26 Å². The van der Waals surface area contributed by atoms with Gasteiger partial charge in [0, 0.05) is 22.5 Å². The minimum Gasteiger partial charge on any atom is -0.495 e. The lowest BCUT2D eigenvalue weighted by Gasteiger charge is -2.37. The summed E-state index contributed by atoms with van der Waals surface area (Å²) >= 11 is 12.2. The fourth-order valence-electron chi connectivity index (χ4n) is 5.69. The minimum absolute atomic E-state index is 0.0424. The maximum atomic E-state index is 15.8. The van der Waals surface area contributed by atoms with E-state index in [0.29, 0.717) is 6.42 Å². The number of amides is 1. The normalized spacial score (nSPS) is 21.9. The van der Waals surface area contributed by atoms with Gasteiger partial charge < -0.3 is 20.5 Å². The number of nitrogens with one attached hydrogen (secondary N) is 2. The van der Waals surface area contributed by atoms with Gasteiger partial charge in [-0.15, -0.1) is 0 Å². The Labute approximate surface area is 252 Å². The zero-order chi connectivity index (χ0) is 31.0. The fraction of sp³-hybridized carbons (Fsp3) is 0.323. The number of hydrogen-bond donors (Lipinski definition) is 3. The number of anilines is 1. The van der Waals surface area contributed by atoms with Crippen LogP contribution in [0.25, 0.3) is 0 Å². The largest absolute Gasteiger partial charge is 0.495 e. The van der Waals surface area contributed by atoms with Gasteiger partial charge in [-0.2, -0.15) is 5.26 Å². The molecule has 0 saturated carbocycles. The number of nitriles is 1. The molecule has 0 aliphatic carbocycles. The zero-order valence-corrected chi connectivity index (χ0v) is 24.8. The smallest absolute Gasteiger partial charge is 0.335 e. The predicted molar refractivity (Wildman–Crippen MR) is 156 cm³/mol. The number of rotatable bonds is 7. The van der Waals surface area contributed by atoms with Gasteiger partial charge in [0.2, 0.25) is 5.91 Å². The van der Waals surface area contributed by atoms with Crippen LogP contribution in [-0.2, 0) is 10.2 Å². The molecule has 11 heteroatoms. The molecule has 3 N–H and O–H groups in total. The third-order valence-corrected chi connectivity index (χ3v) is 7.96. The van der Waals surface area contributed by atoms with Crippen LogP contribution >= 0.6 is 23.2 Å². The van der Waals surface area contributed by atoms with Crippen LogP contribution in [0.2, 0.25) is 10.0 Å². The Morgan fingerprint density at radius 3 is 2.45 bits per heavy atom. The number of aromatic carboxylic acids is 1. The van der Waals surface area contributed by atoms with Gasteiger partial charge in [-0.1, -0.05) is 62.2 Å². The Kier molecular flexibility index (Phi) is 8.84. The van der Waals surface area contributed by atoms with Crippen LogP contribution in [0.15, 0.2) is 54.6 Å². The average molecular weight is 616 g/mol. The summed E-state index contributed by atoms with van der Waals surface area (Å²) in [6.45, 7) is 5.81. The molecule has 1 aliphatic rings. The van der Waals surface area contributed by atoms with Crippen molar-refractivity contribution in [2.45, 2.75) is 50.6 Å². The first-order valence-electron chi connectivity index (χ1n) is 13.0. The molecule has 220 valence electrons. The zero-order valence-electron chi connectivity index (χ0n) is 23.3. The molecule has 0 spiro atoms. The molecule has 3 aromatic rings. The maximum Gasteiger partial charge on any atom is 0.335 e. The molecule has 1 amide bonds. The molecular formula is C31H29Cl2F2N3O4. The van der Waals surface area contributed by atoms with Crippen LogP contribution in [0.5, 0.6) is 5.75 Å². The Morgan fingerprint density at radius 1 is 1.14 bits per heavy atom. The summed E-state index contributed by atoms with van der Waals surface area (Å²) in [6, 6.07) is 12.3. The predicted octanol–water partition coefficient (Wildman–Crippen LogP) is 6.94. The molecule has 1 unspecified atom stereocenters. The second kappa shape index (κ2) is 11.9. The van der Waals surface area contributed by atoms with Gasteiger partial charge in [0.15, 0.2) is 0 Å². The lowest BCUT2D eigenvalue weighted by Crippen LogP contribution is -2.45. The highest BCUT2D eigenvalue weighted by atomic mass is 35.5. The molecule has 4 rings (SSSR count). The number of halogens is 4. The number of carbonyl (C=O) groups is 2. The maximum absolute atomic E-state index is 15.8. The molecule has 1 saturated heterocycles. The molecule has 4 atom stereocenters. The number of nitrogens with zero attached hydrogens (tertiary/aromatic N) is 1. The highest BCUT2D eigenvalue weighted by molar-refractivity contribution is 6.31. The quantitative estimate of drug-likeness (QED) is 0.265. The first-order valence-corrected chi connectivity index (χ1v) is 13.8. The van der Waals surface area contributed by atoms with E-state index in [0.717, 1.165) is 6.07 Å².